The number of aliphatic hydroxyl groups is 1. The molecule has 0 aliphatic carbocycles. The fourth-order valence-corrected chi connectivity index (χ4v) is 2.53. The van der Waals surface area contributed by atoms with Gasteiger partial charge in [0.25, 0.3) is 0 Å². The molecule has 2 nitrogen and oxygen atoms in total. The van der Waals surface area contributed by atoms with Crippen molar-refractivity contribution in [1.29, 1.82) is 0 Å². The molecular weight excluding hydrogens is 246 g/mol. The first-order valence-electron chi connectivity index (χ1n) is 7.98. The minimum absolute atomic E-state index is 0.238. The molecule has 0 aliphatic rings. The van der Waals surface area contributed by atoms with E-state index >= 15 is 0 Å². The lowest BCUT2D eigenvalue weighted by atomic mass is 9.87. The van der Waals surface area contributed by atoms with Crippen LogP contribution in [0.25, 0.3) is 0 Å². The minimum atomic E-state index is 0.238. The van der Waals surface area contributed by atoms with Gasteiger partial charge in [0.05, 0.1) is 0 Å². The molecular formula is C18H31NO. The zero-order valence-electron chi connectivity index (χ0n) is 13.4. The molecule has 0 fully saturated rings. The van der Waals surface area contributed by atoms with E-state index < -0.39 is 0 Å². The molecule has 0 saturated carbocycles. The lowest BCUT2D eigenvalue weighted by Crippen LogP contribution is -2.32. The molecule has 114 valence electrons. The van der Waals surface area contributed by atoms with Gasteiger partial charge in [-0.05, 0) is 30.2 Å². The predicted molar refractivity (Wildman–Crippen MR) is 86.8 cm³/mol. The van der Waals surface area contributed by atoms with E-state index in [-0.39, 0.29) is 5.41 Å². The Kier molecular flexibility index (Phi) is 7.86. The lowest BCUT2D eigenvalue weighted by molar-refractivity contribution is 0.230. The normalized spacial score (nSPS) is 13.4. The van der Waals surface area contributed by atoms with Gasteiger partial charge >= 0.3 is 0 Å². The van der Waals surface area contributed by atoms with Crippen LogP contribution in [-0.2, 0) is 0 Å². The van der Waals surface area contributed by atoms with E-state index in [2.05, 4.69) is 56.4 Å². The van der Waals surface area contributed by atoms with Gasteiger partial charge in [-0.15, -0.1) is 0 Å². The van der Waals surface area contributed by atoms with Crippen LogP contribution in [0.5, 0.6) is 0 Å². The maximum absolute atomic E-state index is 8.98. The number of hydrogen-bond donors (Lipinski definition) is 2. The molecule has 1 aromatic rings. The molecule has 0 aliphatic heterocycles. The molecule has 2 heteroatoms. The zero-order valence-corrected chi connectivity index (χ0v) is 13.4. The number of benzene rings is 1. The quantitative estimate of drug-likeness (QED) is 0.668. The number of rotatable bonds is 10. The Balaban J connectivity index is 2.57. The van der Waals surface area contributed by atoms with Crippen molar-refractivity contribution in [3.63, 3.8) is 0 Å². The molecule has 0 amide bonds. The van der Waals surface area contributed by atoms with Gasteiger partial charge in [0, 0.05) is 19.2 Å². The third-order valence-corrected chi connectivity index (χ3v) is 3.89. The van der Waals surface area contributed by atoms with Crippen molar-refractivity contribution in [2.75, 3.05) is 13.2 Å². The SMILES string of the molecule is CCCCC(NCC(C)(C)CCCO)c1ccccc1. The average Bonchev–Trinajstić information content (AvgIpc) is 2.46. The van der Waals surface area contributed by atoms with E-state index in [1.54, 1.807) is 0 Å². The molecule has 0 heterocycles. The number of nitrogens with one attached hydrogen (secondary N) is 1. The summed E-state index contributed by atoms with van der Waals surface area (Å²) in [5, 5.41) is 12.7. The summed E-state index contributed by atoms with van der Waals surface area (Å²) < 4.78 is 0. The van der Waals surface area contributed by atoms with Gasteiger partial charge in [0.15, 0.2) is 0 Å². The summed E-state index contributed by atoms with van der Waals surface area (Å²) in [5.41, 5.74) is 1.63. The molecule has 1 rings (SSSR count). The first-order valence-corrected chi connectivity index (χ1v) is 7.98. The maximum Gasteiger partial charge on any atom is 0.0431 e. The molecule has 0 spiro atoms. The minimum Gasteiger partial charge on any atom is -0.396 e. The lowest BCUT2D eigenvalue weighted by Gasteiger charge is -2.28. The topological polar surface area (TPSA) is 32.3 Å². The Morgan fingerprint density at radius 2 is 1.85 bits per heavy atom. The largest absolute Gasteiger partial charge is 0.396 e. The fourth-order valence-electron chi connectivity index (χ4n) is 2.53. The van der Waals surface area contributed by atoms with Gasteiger partial charge < -0.3 is 10.4 Å². The highest BCUT2D eigenvalue weighted by molar-refractivity contribution is 5.18. The van der Waals surface area contributed by atoms with E-state index in [1.807, 2.05) is 0 Å². The Bertz CT molecular complexity index is 348. The average molecular weight is 277 g/mol. The smallest absolute Gasteiger partial charge is 0.0431 e. The second kappa shape index (κ2) is 9.15. The van der Waals surface area contributed by atoms with Crippen molar-refractivity contribution < 1.29 is 5.11 Å². The van der Waals surface area contributed by atoms with Crippen molar-refractivity contribution in [1.82, 2.24) is 5.32 Å². The molecule has 0 radical (unpaired) electrons. The predicted octanol–water partition coefficient (Wildman–Crippen LogP) is 4.31. The van der Waals surface area contributed by atoms with Crippen LogP contribution in [0.2, 0.25) is 0 Å². The highest BCUT2D eigenvalue weighted by atomic mass is 16.2. The summed E-state index contributed by atoms with van der Waals surface area (Å²) in [4.78, 5) is 0. The van der Waals surface area contributed by atoms with Crippen LogP contribution in [0.3, 0.4) is 0 Å². The third-order valence-electron chi connectivity index (χ3n) is 3.89. The standard InChI is InChI=1S/C18H31NO/c1-4-5-12-17(16-10-7-6-8-11-16)19-15-18(2,3)13-9-14-20/h6-8,10-11,17,19-20H,4-5,9,12-15H2,1-3H3. The summed E-state index contributed by atoms with van der Waals surface area (Å²) in [5.74, 6) is 0. The molecule has 1 atom stereocenters. The summed E-state index contributed by atoms with van der Waals surface area (Å²) in [7, 11) is 0. The van der Waals surface area contributed by atoms with E-state index in [4.69, 9.17) is 5.11 Å². The van der Waals surface area contributed by atoms with E-state index in [1.165, 1.54) is 24.8 Å². The second-order valence-corrected chi connectivity index (χ2v) is 6.48. The van der Waals surface area contributed by atoms with Crippen LogP contribution in [0.1, 0.15) is 64.5 Å². The Morgan fingerprint density at radius 1 is 1.15 bits per heavy atom. The summed E-state index contributed by atoms with van der Waals surface area (Å²) in [6, 6.07) is 11.2. The Morgan fingerprint density at radius 3 is 2.45 bits per heavy atom. The third kappa shape index (κ3) is 6.53. The van der Waals surface area contributed by atoms with Gasteiger partial charge in [0.1, 0.15) is 0 Å². The van der Waals surface area contributed by atoms with E-state index in [9.17, 15) is 0 Å². The number of aliphatic hydroxyl groups excluding tert-OH is 1. The van der Waals surface area contributed by atoms with Gasteiger partial charge in [0.2, 0.25) is 0 Å². The molecule has 0 saturated heterocycles. The summed E-state index contributed by atoms with van der Waals surface area (Å²) >= 11 is 0. The zero-order chi connectivity index (χ0) is 14.8. The van der Waals surface area contributed by atoms with Crippen LogP contribution in [-0.4, -0.2) is 18.3 Å². The molecule has 0 bridgehead atoms. The molecule has 1 unspecified atom stereocenters. The first kappa shape index (κ1) is 17.2. The van der Waals surface area contributed by atoms with Crippen molar-refractivity contribution >= 4 is 0 Å². The van der Waals surface area contributed by atoms with Crippen LogP contribution in [0.4, 0.5) is 0 Å². The molecule has 20 heavy (non-hydrogen) atoms. The van der Waals surface area contributed by atoms with E-state index in [0.29, 0.717) is 12.6 Å². The second-order valence-electron chi connectivity index (χ2n) is 6.48. The van der Waals surface area contributed by atoms with Gasteiger partial charge in [-0.1, -0.05) is 63.9 Å². The number of hydrogen-bond acceptors (Lipinski definition) is 2. The Labute approximate surface area is 124 Å². The van der Waals surface area contributed by atoms with Crippen LogP contribution < -0.4 is 5.32 Å². The van der Waals surface area contributed by atoms with Crippen LogP contribution in [0.15, 0.2) is 30.3 Å². The van der Waals surface area contributed by atoms with E-state index in [0.717, 1.165) is 19.4 Å². The van der Waals surface area contributed by atoms with Crippen molar-refractivity contribution in [2.24, 2.45) is 5.41 Å². The first-order chi connectivity index (χ1) is 9.59. The molecule has 1 aromatic carbocycles. The summed E-state index contributed by atoms with van der Waals surface area (Å²) in [6.07, 6.45) is 5.63. The van der Waals surface area contributed by atoms with Gasteiger partial charge in [-0.3, -0.25) is 0 Å². The highest BCUT2D eigenvalue weighted by Gasteiger charge is 2.19. The molecule has 0 aromatic heterocycles. The molecule has 2 N–H and O–H groups in total. The fraction of sp³-hybridized carbons (Fsp3) is 0.667. The van der Waals surface area contributed by atoms with Gasteiger partial charge in [-0.2, -0.15) is 0 Å². The van der Waals surface area contributed by atoms with Crippen molar-refractivity contribution in [3.8, 4) is 0 Å². The monoisotopic (exact) mass is 277 g/mol. The summed E-state index contributed by atoms with van der Waals surface area (Å²) in [6.45, 7) is 8.08. The van der Waals surface area contributed by atoms with Crippen molar-refractivity contribution in [2.45, 2.75) is 58.9 Å². The maximum atomic E-state index is 8.98. The van der Waals surface area contributed by atoms with Crippen LogP contribution in [0, 0.1) is 5.41 Å². The number of unbranched alkanes of at least 4 members (excludes halogenated alkanes) is 1. The van der Waals surface area contributed by atoms with Crippen LogP contribution >= 0.6 is 0 Å². The highest BCUT2D eigenvalue weighted by Crippen LogP contribution is 2.25. The van der Waals surface area contributed by atoms with Crippen molar-refractivity contribution in [3.05, 3.63) is 35.9 Å². The Hall–Kier alpha value is -0.860. The van der Waals surface area contributed by atoms with Gasteiger partial charge in [-0.25, -0.2) is 0 Å².